The van der Waals surface area contributed by atoms with E-state index < -0.39 is 0 Å². The van der Waals surface area contributed by atoms with Gasteiger partial charge in [0, 0.05) is 19.6 Å². The van der Waals surface area contributed by atoms with Crippen molar-refractivity contribution in [3.05, 3.63) is 23.9 Å². The molecule has 1 aromatic heterocycles. The Labute approximate surface area is 108 Å². The van der Waals surface area contributed by atoms with Gasteiger partial charge in [-0.25, -0.2) is 4.98 Å². The maximum atomic E-state index is 12.5. The monoisotopic (exact) mass is 247 g/mol. The van der Waals surface area contributed by atoms with E-state index in [-0.39, 0.29) is 5.91 Å². The minimum Gasteiger partial charge on any atom is -0.373 e. The molecule has 0 aromatic carbocycles. The number of likely N-dealkylation sites (tertiary alicyclic amines) is 1. The first kappa shape index (κ1) is 12.9. The molecule has 4 heteroatoms. The number of piperidine rings is 1. The van der Waals surface area contributed by atoms with E-state index in [0.717, 1.165) is 18.8 Å². The van der Waals surface area contributed by atoms with Gasteiger partial charge in [0.05, 0.1) is 0 Å². The van der Waals surface area contributed by atoms with Crippen molar-refractivity contribution < 1.29 is 4.79 Å². The highest BCUT2D eigenvalue weighted by atomic mass is 16.2. The minimum absolute atomic E-state index is 0.0474. The Morgan fingerprint density at radius 2 is 2.17 bits per heavy atom. The van der Waals surface area contributed by atoms with Gasteiger partial charge in [-0.2, -0.15) is 0 Å². The molecule has 18 heavy (non-hydrogen) atoms. The van der Waals surface area contributed by atoms with Gasteiger partial charge >= 0.3 is 0 Å². The lowest BCUT2D eigenvalue weighted by Gasteiger charge is -2.36. The first-order chi connectivity index (χ1) is 8.61. The smallest absolute Gasteiger partial charge is 0.272 e. The molecule has 1 aromatic rings. The number of carbonyl (C=O) groups is 1. The quantitative estimate of drug-likeness (QED) is 0.872. The molecule has 1 fully saturated rings. The SMILES string of the molecule is CNc1cccc(C(=O)N2CC(C)CCC2C)n1. The second kappa shape index (κ2) is 5.38. The number of aromatic nitrogens is 1. The Morgan fingerprint density at radius 1 is 1.39 bits per heavy atom. The van der Waals surface area contributed by atoms with Crippen molar-refractivity contribution in [2.24, 2.45) is 5.92 Å². The molecule has 2 heterocycles. The Bertz CT molecular complexity index is 433. The number of hydrogen-bond acceptors (Lipinski definition) is 3. The summed E-state index contributed by atoms with van der Waals surface area (Å²) in [6.45, 7) is 5.15. The largest absolute Gasteiger partial charge is 0.373 e. The second-order valence-electron chi connectivity index (χ2n) is 5.15. The molecule has 1 N–H and O–H groups in total. The first-order valence-electron chi connectivity index (χ1n) is 6.57. The van der Waals surface area contributed by atoms with Gasteiger partial charge in [0.15, 0.2) is 0 Å². The highest BCUT2D eigenvalue weighted by Gasteiger charge is 2.28. The van der Waals surface area contributed by atoms with Crippen LogP contribution in [0.5, 0.6) is 0 Å². The van der Waals surface area contributed by atoms with Crippen LogP contribution in [0.2, 0.25) is 0 Å². The van der Waals surface area contributed by atoms with Gasteiger partial charge < -0.3 is 10.2 Å². The molecule has 1 amide bonds. The van der Waals surface area contributed by atoms with E-state index >= 15 is 0 Å². The normalized spacial score (nSPS) is 23.8. The lowest BCUT2D eigenvalue weighted by atomic mass is 9.95. The summed E-state index contributed by atoms with van der Waals surface area (Å²) in [4.78, 5) is 18.7. The molecule has 2 unspecified atom stereocenters. The van der Waals surface area contributed by atoms with Crippen LogP contribution in [0, 0.1) is 5.92 Å². The molecule has 1 aliphatic rings. The Kier molecular flexibility index (Phi) is 3.84. The van der Waals surface area contributed by atoms with E-state index in [1.807, 2.05) is 24.1 Å². The van der Waals surface area contributed by atoms with Gasteiger partial charge in [-0.05, 0) is 37.8 Å². The molecular weight excluding hydrogens is 226 g/mol. The van der Waals surface area contributed by atoms with Crippen molar-refractivity contribution in [3.63, 3.8) is 0 Å². The lowest BCUT2D eigenvalue weighted by molar-refractivity contribution is 0.0568. The van der Waals surface area contributed by atoms with E-state index in [1.54, 1.807) is 6.07 Å². The molecule has 0 saturated carbocycles. The summed E-state index contributed by atoms with van der Waals surface area (Å²) < 4.78 is 0. The Morgan fingerprint density at radius 3 is 2.89 bits per heavy atom. The van der Waals surface area contributed by atoms with Gasteiger partial charge in [0.1, 0.15) is 11.5 Å². The number of anilines is 1. The van der Waals surface area contributed by atoms with E-state index in [0.29, 0.717) is 17.7 Å². The summed E-state index contributed by atoms with van der Waals surface area (Å²) in [5, 5.41) is 2.96. The Balaban J connectivity index is 2.18. The van der Waals surface area contributed by atoms with E-state index in [2.05, 4.69) is 24.1 Å². The zero-order valence-corrected chi connectivity index (χ0v) is 11.3. The fraction of sp³-hybridized carbons (Fsp3) is 0.571. The molecule has 0 bridgehead atoms. The first-order valence-corrected chi connectivity index (χ1v) is 6.57. The van der Waals surface area contributed by atoms with Crippen molar-refractivity contribution in [3.8, 4) is 0 Å². The number of amides is 1. The second-order valence-corrected chi connectivity index (χ2v) is 5.15. The van der Waals surface area contributed by atoms with Crippen LogP contribution in [0.4, 0.5) is 5.82 Å². The predicted octanol–water partition coefficient (Wildman–Crippen LogP) is 2.38. The third kappa shape index (κ3) is 2.63. The number of nitrogens with zero attached hydrogens (tertiary/aromatic N) is 2. The van der Waals surface area contributed by atoms with Crippen LogP contribution >= 0.6 is 0 Å². The fourth-order valence-electron chi connectivity index (χ4n) is 2.41. The van der Waals surface area contributed by atoms with Gasteiger partial charge in [-0.3, -0.25) is 4.79 Å². The molecule has 4 nitrogen and oxygen atoms in total. The highest BCUT2D eigenvalue weighted by molar-refractivity contribution is 5.93. The molecule has 0 radical (unpaired) electrons. The van der Waals surface area contributed by atoms with Crippen LogP contribution in [-0.4, -0.2) is 35.4 Å². The lowest BCUT2D eigenvalue weighted by Crippen LogP contribution is -2.45. The highest BCUT2D eigenvalue weighted by Crippen LogP contribution is 2.23. The summed E-state index contributed by atoms with van der Waals surface area (Å²) in [5.41, 5.74) is 0.530. The van der Waals surface area contributed by atoms with E-state index in [1.165, 1.54) is 6.42 Å². The van der Waals surface area contributed by atoms with Crippen molar-refractivity contribution in [1.29, 1.82) is 0 Å². The maximum absolute atomic E-state index is 12.5. The van der Waals surface area contributed by atoms with Crippen molar-refractivity contribution >= 4 is 11.7 Å². The average molecular weight is 247 g/mol. The standard InChI is InChI=1S/C14H21N3O/c1-10-7-8-11(2)17(9-10)14(18)12-5-4-6-13(15-3)16-12/h4-6,10-11H,7-9H2,1-3H3,(H,15,16). The number of carbonyl (C=O) groups excluding carboxylic acids is 1. The molecule has 2 rings (SSSR count). The van der Waals surface area contributed by atoms with Gasteiger partial charge in [0.25, 0.3) is 5.91 Å². The van der Waals surface area contributed by atoms with E-state index in [4.69, 9.17) is 0 Å². The Hall–Kier alpha value is -1.58. The predicted molar refractivity (Wildman–Crippen MR) is 72.7 cm³/mol. The van der Waals surface area contributed by atoms with Crippen LogP contribution in [-0.2, 0) is 0 Å². The summed E-state index contributed by atoms with van der Waals surface area (Å²) in [7, 11) is 1.81. The number of hydrogen-bond donors (Lipinski definition) is 1. The molecule has 1 saturated heterocycles. The molecule has 0 spiro atoms. The molecule has 1 aliphatic heterocycles. The van der Waals surface area contributed by atoms with E-state index in [9.17, 15) is 4.79 Å². The van der Waals surface area contributed by atoms with Gasteiger partial charge in [-0.1, -0.05) is 13.0 Å². The van der Waals surface area contributed by atoms with Crippen LogP contribution in [0.25, 0.3) is 0 Å². The third-order valence-corrected chi connectivity index (χ3v) is 3.60. The topological polar surface area (TPSA) is 45.2 Å². The summed E-state index contributed by atoms with van der Waals surface area (Å²) in [6, 6.07) is 5.83. The molecular formula is C14H21N3O. The van der Waals surface area contributed by atoms with Crippen LogP contribution in [0.3, 0.4) is 0 Å². The average Bonchev–Trinajstić information content (AvgIpc) is 2.41. The summed E-state index contributed by atoms with van der Waals surface area (Å²) >= 11 is 0. The third-order valence-electron chi connectivity index (χ3n) is 3.60. The fourth-order valence-corrected chi connectivity index (χ4v) is 2.41. The zero-order valence-electron chi connectivity index (χ0n) is 11.3. The van der Waals surface area contributed by atoms with Crippen molar-refractivity contribution in [2.75, 3.05) is 18.9 Å². The van der Waals surface area contributed by atoms with Crippen LogP contribution in [0.1, 0.15) is 37.2 Å². The van der Waals surface area contributed by atoms with Gasteiger partial charge in [0.2, 0.25) is 0 Å². The van der Waals surface area contributed by atoms with Gasteiger partial charge in [-0.15, -0.1) is 0 Å². The van der Waals surface area contributed by atoms with Crippen molar-refractivity contribution in [2.45, 2.75) is 32.7 Å². The number of pyridine rings is 1. The number of rotatable bonds is 2. The number of nitrogens with one attached hydrogen (secondary N) is 1. The summed E-state index contributed by atoms with van der Waals surface area (Å²) in [6.07, 6.45) is 2.29. The molecule has 0 aliphatic carbocycles. The molecule has 98 valence electrons. The maximum Gasteiger partial charge on any atom is 0.272 e. The molecule has 2 atom stereocenters. The zero-order chi connectivity index (χ0) is 13.1. The van der Waals surface area contributed by atoms with Crippen molar-refractivity contribution in [1.82, 2.24) is 9.88 Å². The van der Waals surface area contributed by atoms with Crippen LogP contribution in [0.15, 0.2) is 18.2 Å². The minimum atomic E-state index is 0.0474. The van der Waals surface area contributed by atoms with Crippen LogP contribution < -0.4 is 5.32 Å². The summed E-state index contributed by atoms with van der Waals surface area (Å²) in [5.74, 6) is 1.36.